The number of rotatable bonds is 8. The molecule has 0 unspecified atom stereocenters. The van der Waals surface area contributed by atoms with Gasteiger partial charge in [-0.1, -0.05) is 43.3 Å². The van der Waals surface area contributed by atoms with Crippen molar-refractivity contribution in [2.75, 3.05) is 33.3 Å². The van der Waals surface area contributed by atoms with Gasteiger partial charge in [-0.3, -0.25) is 9.69 Å². The summed E-state index contributed by atoms with van der Waals surface area (Å²) in [5.41, 5.74) is 0.332. The topological polar surface area (TPSA) is 68.0 Å². The Hall–Kier alpha value is -3.06. The van der Waals surface area contributed by atoms with E-state index in [0.717, 1.165) is 54.9 Å². The Morgan fingerprint density at radius 2 is 1.87 bits per heavy atom. The normalized spacial score (nSPS) is 16.3. The second-order valence-corrected chi connectivity index (χ2v) is 7.69. The van der Waals surface area contributed by atoms with E-state index in [0.29, 0.717) is 17.5 Å². The standard InChI is InChI=1S/C24H29N3O4/c1-4-26(5-2)17-12-13-27(15-17)24(28)21-14-18(31-25-21)16-30-23-11-10-22(29-3)19-8-6-7-9-20(19)23/h6-11,14,17H,4-5,12-13,15-16H2,1-3H3/t17-/m0/s1. The van der Waals surface area contributed by atoms with Crippen molar-refractivity contribution >= 4 is 16.7 Å². The molecule has 3 aromatic rings. The van der Waals surface area contributed by atoms with Crippen LogP contribution in [0.2, 0.25) is 0 Å². The summed E-state index contributed by atoms with van der Waals surface area (Å²) in [6.45, 7) is 7.98. The number of nitrogens with zero attached hydrogens (tertiary/aromatic N) is 3. The Morgan fingerprint density at radius 3 is 2.58 bits per heavy atom. The molecule has 1 saturated heterocycles. The Morgan fingerprint density at radius 1 is 1.16 bits per heavy atom. The summed E-state index contributed by atoms with van der Waals surface area (Å²) in [6.07, 6.45) is 0.992. The van der Waals surface area contributed by atoms with Crippen molar-refractivity contribution in [2.45, 2.75) is 32.9 Å². The third-order valence-corrected chi connectivity index (χ3v) is 5.99. The van der Waals surface area contributed by atoms with E-state index >= 15 is 0 Å². The molecular weight excluding hydrogens is 394 g/mol. The van der Waals surface area contributed by atoms with Gasteiger partial charge in [-0.05, 0) is 31.6 Å². The zero-order chi connectivity index (χ0) is 21.8. The number of hydrogen-bond donors (Lipinski definition) is 0. The van der Waals surface area contributed by atoms with Gasteiger partial charge in [0.05, 0.1) is 7.11 Å². The predicted octanol–water partition coefficient (Wildman–Crippen LogP) is 3.97. The number of likely N-dealkylation sites (tertiary alicyclic amines) is 1. The summed E-state index contributed by atoms with van der Waals surface area (Å²) in [5, 5.41) is 5.93. The molecule has 0 aliphatic carbocycles. The monoisotopic (exact) mass is 423 g/mol. The fraction of sp³-hybridized carbons (Fsp3) is 0.417. The van der Waals surface area contributed by atoms with E-state index in [-0.39, 0.29) is 12.5 Å². The quantitative estimate of drug-likeness (QED) is 0.546. The lowest BCUT2D eigenvalue weighted by atomic mass is 10.1. The molecular formula is C24H29N3O4. The molecule has 1 aliphatic heterocycles. The van der Waals surface area contributed by atoms with Crippen LogP contribution in [0, 0.1) is 0 Å². The lowest BCUT2D eigenvalue weighted by Crippen LogP contribution is -2.38. The Bertz CT molecular complexity index is 1040. The third-order valence-electron chi connectivity index (χ3n) is 5.99. The minimum Gasteiger partial charge on any atom is -0.496 e. The minimum atomic E-state index is -0.0837. The number of carbonyl (C=O) groups excluding carboxylic acids is 1. The summed E-state index contributed by atoms with van der Waals surface area (Å²) in [7, 11) is 1.65. The van der Waals surface area contributed by atoms with Gasteiger partial charge in [0.2, 0.25) is 0 Å². The van der Waals surface area contributed by atoms with E-state index in [1.165, 1.54) is 0 Å². The van der Waals surface area contributed by atoms with E-state index in [4.69, 9.17) is 14.0 Å². The van der Waals surface area contributed by atoms with Crippen molar-refractivity contribution in [1.82, 2.24) is 15.0 Å². The zero-order valence-corrected chi connectivity index (χ0v) is 18.3. The second kappa shape index (κ2) is 9.39. The molecule has 1 atom stereocenters. The van der Waals surface area contributed by atoms with Crippen LogP contribution in [0.25, 0.3) is 10.8 Å². The number of fused-ring (bicyclic) bond motifs is 1. The zero-order valence-electron chi connectivity index (χ0n) is 18.3. The number of carbonyl (C=O) groups is 1. The number of benzene rings is 2. The number of hydrogen-bond acceptors (Lipinski definition) is 6. The van der Waals surface area contributed by atoms with E-state index in [1.807, 2.05) is 41.3 Å². The lowest BCUT2D eigenvalue weighted by molar-refractivity contribution is 0.0767. The first-order valence-corrected chi connectivity index (χ1v) is 10.8. The molecule has 2 heterocycles. The fourth-order valence-electron chi connectivity index (χ4n) is 4.30. The van der Waals surface area contributed by atoms with E-state index in [1.54, 1.807) is 13.2 Å². The third kappa shape index (κ3) is 4.37. The summed E-state index contributed by atoms with van der Waals surface area (Å²) >= 11 is 0. The molecule has 7 nitrogen and oxygen atoms in total. The van der Waals surface area contributed by atoms with Crippen LogP contribution in [-0.2, 0) is 6.61 Å². The molecule has 1 amide bonds. The van der Waals surface area contributed by atoms with Gasteiger partial charge in [0.25, 0.3) is 5.91 Å². The first-order valence-electron chi connectivity index (χ1n) is 10.8. The van der Waals surface area contributed by atoms with Crippen LogP contribution in [0.3, 0.4) is 0 Å². The maximum atomic E-state index is 12.9. The Kier molecular flexibility index (Phi) is 6.42. The van der Waals surface area contributed by atoms with Gasteiger partial charge in [-0.25, -0.2) is 0 Å². The maximum Gasteiger partial charge on any atom is 0.276 e. The Balaban J connectivity index is 1.41. The smallest absolute Gasteiger partial charge is 0.276 e. The highest BCUT2D eigenvalue weighted by molar-refractivity contribution is 5.93. The van der Waals surface area contributed by atoms with Crippen LogP contribution in [0.4, 0.5) is 0 Å². The molecule has 0 saturated carbocycles. The molecule has 0 spiro atoms. The van der Waals surface area contributed by atoms with E-state index in [2.05, 4.69) is 23.9 Å². The summed E-state index contributed by atoms with van der Waals surface area (Å²) in [6, 6.07) is 13.8. The number of methoxy groups -OCH3 is 1. The average Bonchev–Trinajstić information content (AvgIpc) is 3.48. The number of ether oxygens (including phenoxy) is 2. The molecule has 164 valence electrons. The molecule has 0 bridgehead atoms. The van der Waals surface area contributed by atoms with Crippen molar-refractivity contribution in [1.29, 1.82) is 0 Å². The summed E-state index contributed by atoms with van der Waals surface area (Å²) in [5.74, 6) is 1.95. The summed E-state index contributed by atoms with van der Waals surface area (Å²) < 4.78 is 16.8. The van der Waals surface area contributed by atoms with Crippen molar-refractivity contribution in [3.63, 3.8) is 0 Å². The van der Waals surface area contributed by atoms with Crippen LogP contribution in [0.1, 0.15) is 36.5 Å². The molecule has 31 heavy (non-hydrogen) atoms. The van der Waals surface area contributed by atoms with Crippen LogP contribution in [0.5, 0.6) is 11.5 Å². The maximum absolute atomic E-state index is 12.9. The first kappa shape index (κ1) is 21.2. The van der Waals surface area contributed by atoms with Crippen LogP contribution < -0.4 is 9.47 Å². The van der Waals surface area contributed by atoms with Crippen LogP contribution >= 0.6 is 0 Å². The SMILES string of the molecule is CCN(CC)[C@H]1CCN(C(=O)c2cc(COc3ccc(OC)c4ccccc34)on2)C1. The van der Waals surface area contributed by atoms with Gasteiger partial charge in [-0.15, -0.1) is 0 Å². The molecule has 1 fully saturated rings. The van der Waals surface area contributed by atoms with Gasteiger partial charge >= 0.3 is 0 Å². The van der Waals surface area contributed by atoms with Crippen LogP contribution in [-0.4, -0.2) is 60.2 Å². The van der Waals surface area contributed by atoms with E-state index < -0.39 is 0 Å². The minimum absolute atomic E-state index is 0.0837. The molecule has 4 rings (SSSR count). The highest BCUT2D eigenvalue weighted by Crippen LogP contribution is 2.33. The lowest BCUT2D eigenvalue weighted by Gasteiger charge is -2.25. The number of amides is 1. The molecule has 0 radical (unpaired) electrons. The highest BCUT2D eigenvalue weighted by Gasteiger charge is 2.31. The number of likely N-dealkylation sites (N-methyl/N-ethyl adjacent to an activating group) is 1. The summed E-state index contributed by atoms with van der Waals surface area (Å²) in [4.78, 5) is 17.1. The molecule has 1 aromatic heterocycles. The van der Waals surface area contributed by atoms with Gasteiger partial charge in [-0.2, -0.15) is 0 Å². The average molecular weight is 424 g/mol. The van der Waals surface area contributed by atoms with Crippen molar-refractivity contribution in [3.05, 3.63) is 53.9 Å². The largest absolute Gasteiger partial charge is 0.496 e. The van der Waals surface area contributed by atoms with Gasteiger partial charge in [0.15, 0.2) is 11.5 Å². The highest BCUT2D eigenvalue weighted by atomic mass is 16.5. The molecule has 7 heteroatoms. The van der Waals surface area contributed by atoms with Gasteiger partial charge in [0.1, 0.15) is 18.1 Å². The van der Waals surface area contributed by atoms with Gasteiger partial charge in [0, 0.05) is 36.0 Å². The molecule has 1 aliphatic rings. The van der Waals surface area contributed by atoms with Crippen molar-refractivity contribution < 1.29 is 18.8 Å². The molecule has 2 aromatic carbocycles. The van der Waals surface area contributed by atoms with E-state index in [9.17, 15) is 4.79 Å². The first-order chi connectivity index (χ1) is 15.1. The fourth-order valence-corrected chi connectivity index (χ4v) is 4.30. The molecule has 0 N–H and O–H groups in total. The Labute approximate surface area is 182 Å². The van der Waals surface area contributed by atoms with Gasteiger partial charge < -0.3 is 18.9 Å². The van der Waals surface area contributed by atoms with Crippen LogP contribution in [0.15, 0.2) is 47.0 Å². The second-order valence-electron chi connectivity index (χ2n) is 7.69. The predicted molar refractivity (Wildman–Crippen MR) is 119 cm³/mol. The number of aromatic nitrogens is 1. The van der Waals surface area contributed by atoms with Crippen molar-refractivity contribution in [2.24, 2.45) is 0 Å². The van der Waals surface area contributed by atoms with Crippen molar-refractivity contribution in [3.8, 4) is 11.5 Å².